The lowest BCUT2D eigenvalue weighted by Gasteiger charge is -2.07. The van der Waals surface area contributed by atoms with Crippen molar-refractivity contribution in [3.63, 3.8) is 0 Å². The van der Waals surface area contributed by atoms with Crippen molar-refractivity contribution < 1.29 is 4.79 Å². The molecule has 19 heavy (non-hydrogen) atoms. The lowest BCUT2D eigenvalue weighted by Crippen LogP contribution is -2.07. The number of nitrogen functional groups attached to an aromatic ring is 1. The van der Waals surface area contributed by atoms with Crippen LogP contribution >= 0.6 is 0 Å². The van der Waals surface area contributed by atoms with Crippen LogP contribution in [0.5, 0.6) is 0 Å². The molecule has 3 heteroatoms. The van der Waals surface area contributed by atoms with E-state index in [0.717, 1.165) is 10.8 Å². The number of anilines is 1. The number of nitrogens with zero attached hydrogens (tertiary/aromatic N) is 1. The molecule has 3 rings (SSSR count). The molecule has 0 aliphatic rings. The minimum atomic E-state index is -0.149. The van der Waals surface area contributed by atoms with E-state index in [2.05, 4.69) is 4.98 Å². The van der Waals surface area contributed by atoms with Crippen molar-refractivity contribution in [3.8, 4) is 0 Å². The Bertz CT molecular complexity index is 751. The smallest absolute Gasteiger partial charge is 0.213 e. The minimum absolute atomic E-state index is 0.149. The summed E-state index contributed by atoms with van der Waals surface area (Å²) < 4.78 is 0. The van der Waals surface area contributed by atoms with Crippen LogP contribution in [0.2, 0.25) is 0 Å². The number of aromatic nitrogens is 1. The van der Waals surface area contributed by atoms with Crippen LogP contribution in [0.4, 0.5) is 5.69 Å². The summed E-state index contributed by atoms with van der Waals surface area (Å²) in [6, 6.07) is 16.7. The van der Waals surface area contributed by atoms with Crippen LogP contribution in [0, 0.1) is 0 Å². The Kier molecular flexibility index (Phi) is 2.72. The average Bonchev–Trinajstić information content (AvgIpc) is 2.48. The normalized spacial score (nSPS) is 10.5. The van der Waals surface area contributed by atoms with Crippen molar-refractivity contribution in [3.05, 3.63) is 72.1 Å². The fourth-order valence-electron chi connectivity index (χ4n) is 2.13. The molecule has 0 unspecified atom stereocenters. The van der Waals surface area contributed by atoms with Gasteiger partial charge in [-0.15, -0.1) is 0 Å². The third-order valence-electron chi connectivity index (χ3n) is 3.11. The predicted molar refractivity (Wildman–Crippen MR) is 76.0 cm³/mol. The van der Waals surface area contributed by atoms with Crippen LogP contribution < -0.4 is 5.73 Å². The van der Waals surface area contributed by atoms with Crippen LogP contribution in [0.15, 0.2) is 60.8 Å². The zero-order chi connectivity index (χ0) is 13.2. The van der Waals surface area contributed by atoms with Gasteiger partial charge in [0.05, 0.1) is 5.69 Å². The number of hydrogen-bond acceptors (Lipinski definition) is 3. The molecule has 0 saturated heterocycles. The third-order valence-corrected chi connectivity index (χ3v) is 3.11. The molecule has 0 aliphatic heterocycles. The largest absolute Gasteiger partial charge is 0.398 e. The molecule has 0 spiro atoms. The van der Waals surface area contributed by atoms with E-state index in [9.17, 15) is 4.79 Å². The lowest BCUT2D eigenvalue weighted by atomic mass is 10.00. The minimum Gasteiger partial charge on any atom is -0.398 e. The quantitative estimate of drug-likeness (QED) is 0.560. The van der Waals surface area contributed by atoms with Crippen molar-refractivity contribution >= 4 is 22.2 Å². The fraction of sp³-hybridized carbons (Fsp3) is 0. The molecule has 3 aromatic rings. The monoisotopic (exact) mass is 248 g/mol. The van der Waals surface area contributed by atoms with Gasteiger partial charge in [-0.2, -0.15) is 0 Å². The van der Waals surface area contributed by atoms with Crippen molar-refractivity contribution in [2.24, 2.45) is 0 Å². The molecule has 92 valence electrons. The van der Waals surface area contributed by atoms with Gasteiger partial charge in [-0.05, 0) is 23.6 Å². The van der Waals surface area contributed by atoms with Crippen LogP contribution in [-0.2, 0) is 0 Å². The standard InChI is InChI=1S/C16H12N2O/c17-15-12-6-2-1-5-11(12)8-9-13(15)16(19)14-7-3-4-10-18-14/h1-10H,17H2. The van der Waals surface area contributed by atoms with E-state index in [1.165, 1.54) is 0 Å². The summed E-state index contributed by atoms with van der Waals surface area (Å²) in [7, 11) is 0. The van der Waals surface area contributed by atoms with Gasteiger partial charge < -0.3 is 5.73 Å². The first-order valence-electron chi connectivity index (χ1n) is 6.00. The van der Waals surface area contributed by atoms with E-state index < -0.39 is 0 Å². The summed E-state index contributed by atoms with van der Waals surface area (Å²) in [5.41, 5.74) is 7.52. The van der Waals surface area contributed by atoms with E-state index in [4.69, 9.17) is 5.73 Å². The van der Waals surface area contributed by atoms with Gasteiger partial charge in [-0.1, -0.05) is 36.4 Å². The third kappa shape index (κ3) is 1.95. The summed E-state index contributed by atoms with van der Waals surface area (Å²) in [5, 5.41) is 1.92. The Morgan fingerprint density at radius 1 is 0.947 bits per heavy atom. The summed E-state index contributed by atoms with van der Waals surface area (Å²) in [6.45, 7) is 0. The highest BCUT2D eigenvalue weighted by molar-refractivity contribution is 6.15. The second kappa shape index (κ2) is 4.53. The maximum Gasteiger partial charge on any atom is 0.213 e. The van der Waals surface area contributed by atoms with E-state index in [1.807, 2.05) is 30.3 Å². The number of hydrogen-bond donors (Lipinski definition) is 1. The maximum atomic E-state index is 12.4. The van der Waals surface area contributed by atoms with Gasteiger partial charge in [0.1, 0.15) is 5.69 Å². The van der Waals surface area contributed by atoms with Crippen molar-refractivity contribution in [2.75, 3.05) is 5.73 Å². The highest BCUT2D eigenvalue weighted by Crippen LogP contribution is 2.26. The molecule has 0 radical (unpaired) electrons. The number of fused-ring (bicyclic) bond motifs is 1. The molecule has 1 aromatic heterocycles. The van der Waals surface area contributed by atoms with Gasteiger partial charge in [-0.25, -0.2) is 0 Å². The summed E-state index contributed by atoms with van der Waals surface area (Å²) in [6.07, 6.45) is 1.60. The molecular weight excluding hydrogens is 236 g/mol. The first-order valence-corrected chi connectivity index (χ1v) is 6.00. The first-order chi connectivity index (χ1) is 9.27. The SMILES string of the molecule is Nc1c(C(=O)c2ccccn2)ccc2ccccc12. The number of carbonyl (C=O) groups excluding carboxylic acids is 1. The Labute approximate surface area is 110 Å². The maximum absolute atomic E-state index is 12.4. The van der Waals surface area contributed by atoms with E-state index in [0.29, 0.717) is 16.9 Å². The van der Waals surface area contributed by atoms with Crippen LogP contribution in [0.3, 0.4) is 0 Å². The van der Waals surface area contributed by atoms with E-state index in [-0.39, 0.29) is 5.78 Å². The van der Waals surface area contributed by atoms with Crippen LogP contribution in [-0.4, -0.2) is 10.8 Å². The highest BCUT2D eigenvalue weighted by Gasteiger charge is 2.14. The summed E-state index contributed by atoms with van der Waals surface area (Å²) >= 11 is 0. The van der Waals surface area contributed by atoms with Gasteiger partial charge in [0.2, 0.25) is 5.78 Å². The van der Waals surface area contributed by atoms with Gasteiger partial charge in [0, 0.05) is 17.1 Å². The fourth-order valence-corrected chi connectivity index (χ4v) is 2.13. The Hall–Kier alpha value is -2.68. The van der Waals surface area contributed by atoms with Gasteiger partial charge in [-0.3, -0.25) is 9.78 Å². The van der Waals surface area contributed by atoms with E-state index >= 15 is 0 Å². The van der Waals surface area contributed by atoms with Gasteiger partial charge in [0.25, 0.3) is 0 Å². The van der Waals surface area contributed by atoms with Crippen LogP contribution in [0.25, 0.3) is 10.8 Å². The second-order valence-corrected chi connectivity index (χ2v) is 4.29. The van der Waals surface area contributed by atoms with Crippen molar-refractivity contribution in [2.45, 2.75) is 0 Å². The zero-order valence-electron chi connectivity index (χ0n) is 10.2. The Balaban J connectivity index is 2.16. The number of benzene rings is 2. The Morgan fingerprint density at radius 3 is 2.53 bits per heavy atom. The molecule has 2 aromatic carbocycles. The van der Waals surface area contributed by atoms with Crippen molar-refractivity contribution in [1.82, 2.24) is 4.98 Å². The number of carbonyl (C=O) groups is 1. The predicted octanol–water partition coefficient (Wildman–Crippen LogP) is 3.05. The molecule has 0 aliphatic carbocycles. The van der Waals surface area contributed by atoms with Gasteiger partial charge >= 0.3 is 0 Å². The molecule has 0 bridgehead atoms. The molecule has 1 heterocycles. The van der Waals surface area contributed by atoms with Crippen LogP contribution in [0.1, 0.15) is 16.1 Å². The highest BCUT2D eigenvalue weighted by atomic mass is 16.1. The molecule has 0 fully saturated rings. The molecule has 0 saturated carbocycles. The van der Waals surface area contributed by atoms with Gasteiger partial charge in [0.15, 0.2) is 0 Å². The first kappa shape index (κ1) is 11.4. The zero-order valence-corrected chi connectivity index (χ0v) is 10.2. The summed E-state index contributed by atoms with van der Waals surface area (Å²) in [5.74, 6) is -0.149. The second-order valence-electron chi connectivity index (χ2n) is 4.29. The lowest BCUT2D eigenvalue weighted by molar-refractivity contribution is 0.103. The molecular formula is C16H12N2O. The molecule has 0 atom stereocenters. The molecule has 2 N–H and O–H groups in total. The van der Waals surface area contributed by atoms with Crippen molar-refractivity contribution in [1.29, 1.82) is 0 Å². The number of nitrogens with two attached hydrogens (primary N) is 1. The Morgan fingerprint density at radius 2 is 1.74 bits per heavy atom. The number of pyridine rings is 1. The summed E-state index contributed by atoms with van der Waals surface area (Å²) in [4.78, 5) is 16.4. The van der Waals surface area contributed by atoms with E-state index in [1.54, 1.807) is 30.5 Å². The molecule has 0 amide bonds. The molecule has 3 nitrogen and oxygen atoms in total. The number of rotatable bonds is 2. The topological polar surface area (TPSA) is 56.0 Å². The number of ketones is 1. The average molecular weight is 248 g/mol.